The maximum atomic E-state index is 11.2. The third-order valence-electron chi connectivity index (χ3n) is 2.88. The van der Waals surface area contributed by atoms with Gasteiger partial charge in [0, 0.05) is 6.04 Å². The average molecular weight is 214 g/mol. The second-order valence-electron chi connectivity index (χ2n) is 5.06. The summed E-state index contributed by atoms with van der Waals surface area (Å²) in [5.74, 6) is -0.311. The van der Waals surface area contributed by atoms with Crippen LogP contribution in [0, 0.1) is 0 Å². The van der Waals surface area contributed by atoms with E-state index in [1.807, 2.05) is 13.8 Å². The number of ether oxygens (including phenoxy) is 1. The number of rotatable bonds is 3. The van der Waals surface area contributed by atoms with Crippen LogP contribution in [0.2, 0.25) is 0 Å². The lowest BCUT2D eigenvalue weighted by atomic mass is 9.95. The summed E-state index contributed by atoms with van der Waals surface area (Å²) in [6.45, 7) is 7.75. The van der Waals surface area contributed by atoms with Gasteiger partial charge in [0.2, 0.25) is 5.91 Å². The fraction of sp³-hybridized carbons (Fsp3) is 0.909. The molecular weight excluding hydrogens is 192 g/mol. The second kappa shape index (κ2) is 4.49. The molecule has 1 aliphatic rings. The summed E-state index contributed by atoms with van der Waals surface area (Å²) in [5, 5.41) is 3.30. The van der Waals surface area contributed by atoms with Crippen molar-refractivity contribution in [3.63, 3.8) is 0 Å². The highest BCUT2D eigenvalue weighted by atomic mass is 16.5. The molecule has 0 radical (unpaired) electrons. The van der Waals surface area contributed by atoms with Gasteiger partial charge >= 0.3 is 0 Å². The first-order chi connectivity index (χ1) is 6.81. The van der Waals surface area contributed by atoms with Crippen molar-refractivity contribution in [2.45, 2.75) is 64.3 Å². The summed E-state index contributed by atoms with van der Waals surface area (Å²) in [7, 11) is 0. The van der Waals surface area contributed by atoms with Crippen LogP contribution in [0.1, 0.15) is 40.5 Å². The van der Waals surface area contributed by atoms with Crippen molar-refractivity contribution < 1.29 is 9.53 Å². The van der Waals surface area contributed by atoms with E-state index in [-0.39, 0.29) is 18.1 Å². The molecule has 2 atom stereocenters. The fourth-order valence-electron chi connectivity index (χ4n) is 2.10. The van der Waals surface area contributed by atoms with Crippen molar-refractivity contribution in [2.75, 3.05) is 0 Å². The standard InChI is InChI=1S/C11H22N2O2/c1-7-5-9(6-8(2)15-7)13-11(3,4)10(12)14/h7-9,13H,5-6H2,1-4H3,(H2,12,14). The zero-order chi connectivity index (χ0) is 11.6. The first-order valence-electron chi connectivity index (χ1n) is 5.54. The number of primary amides is 1. The number of hydrogen-bond donors (Lipinski definition) is 2. The molecule has 0 aliphatic carbocycles. The highest BCUT2D eigenvalue weighted by Gasteiger charge is 2.32. The third kappa shape index (κ3) is 3.47. The summed E-state index contributed by atoms with van der Waals surface area (Å²) < 4.78 is 5.64. The van der Waals surface area contributed by atoms with Crippen LogP contribution in [0.25, 0.3) is 0 Å². The molecule has 1 fully saturated rings. The monoisotopic (exact) mass is 214 g/mol. The molecule has 88 valence electrons. The normalized spacial score (nSPS) is 32.7. The Morgan fingerprint density at radius 2 is 1.80 bits per heavy atom. The molecule has 1 heterocycles. The van der Waals surface area contributed by atoms with Gasteiger partial charge in [-0.05, 0) is 40.5 Å². The maximum Gasteiger partial charge on any atom is 0.237 e. The molecule has 1 aliphatic heterocycles. The third-order valence-corrected chi connectivity index (χ3v) is 2.88. The Morgan fingerprint density at radius 3 is 2.20 bits per heavy atom. The zero-order valence-electron chi connectivity index (χ0n) is 10.0. The van der Waals surface area contributed by atoms with Gasteiger partial charge < -0.3 is 15.8 Å². The molecule has 1 amide bonds. The van der Waals surface area contributed by atoms with E-state index in [0.29, 0.717) is 6.04 Å². The summed E-state index contributed by atoms with van der Waals surface area (Å²) >= 11 is 0. The summed E-state index contributed by atoms with van der Waals surface area (Å²) in [6, 6.07) is 0.311. The van der Waals surface area contributed by atoms with E-state index in [2.05, 4.69) is 19.2 Å². The van der Waals surface area contributed by atoms with Crippen molar-refractivity contribution in [2.24, 2.45) is 5.73 Å². The number of carbonyl (C=O) groups excluding carboxylic acids is 1. The van der Waals surface area contributed by atoms with E-state index in [4.69, 9.17) is 10.5 Å². The highest BCUT2D eigenvalue weighted by molar-refractivity contribution is 5.83. The molecule has 2 unspecified atom stereocenters. The molecule has 0 bridgehead atoms. The van der Waals surface area contributed by atoms with Gasteiger partial charge in [-0.25, -0.2) is 0 Å². The van der Waals surface area contributed by atoms with Gasteiger partial charge in [0.1, 0.15) is 0 Å². The van der Waals surface area contributed by atoms with E-state index in [9.17, 15) is 4.79 Å². The van der Waals surface area contributed by atoms with Gasteiger partial charge in [-0.1, -0.05) is 0 Å². The molecule has 0 saturated carbocycles. The Hall–Kier alpha value is -0.610. The summed E-state index contributed by atoms with van der Waals surface area (Å²) in [4.78, 5) is 11.2. The van der Waals surface area contributed by atoms with Gasteiger partial charge in [-0.15, -0.1) is 0 Å². The Bertz CT molecular complexity index is 231. The van der Waals surface area contributed by atoms with Crippen molar-refractivity contribution in [3.05, 3.63) is 0 Å². The minimum absolute atomic E-state index is 0.245. The first-order valence-corrected chi connectivity index (χ1v) is 5.54. The molecule has 0 spiro atoms. The Labute approximate surface area is 91.5 Å². The van der Waals surface area contributed by atoms with Crippen LogP contribution in [-0.4, -0.2) is 29.7 Å². The van der Waals surface area contributed by atoms with Gasteiger partial charge in [-0.3, -0.25) is 4.79 Å². The molecule has 0 aromatic carbocycles. The number of nitrogens with one attached hydrogen (secondary N) is 1. The van der Waals surface area contributed by atoms with E-state index >= 15 is 0 Å². The molecular formula is C11H22N2O2. The smallest absolute Gasteiger partial charge is 0.237 e. The van der Waals surface area contributed by atoms with Gasteiger partial charge in [-0.2, -0.15) is 0 Å². The lowest BCUT2D eigenvalue weighted by Gasteiger charge is -2.36. The molecule has 4 nitrogen and oxygen atoms in total. The predicted molar refractivity (Wildman–Crippen MR) is 59.4 cm³/mol. The van der Waals surface area contributed by atoms with Gasteiger partial charge in [0.25, 0.3) is 0 Å². The van der Waals surface area contributed by atoms with Crippen molar-refractivity contribution in [1.29, 1.82) is 0 Å². The number of hydrogen-bond acceptors (Lipinski definition) is 3. The lowest BCUT2D eigenvalue weighted by molar-refractivity contribution is -0.124. The predicted octanol–water partition coefficient (Wildman–Crippen LogP) is 0.796. The molecule has 1 saturated heterocycles. The van der Waals surface area contributed by atoms with Crippen LogP contribution in [0.5, 0.6) is 0 Å². The van der Waals surface area contributed by atoms with E-state index < -0.39 is 5.54 Å². The van der Waals surface area contributed by atoms with Crippen LogP contribution >= 0.6 is 0 Å². The minimum Gasteiger partial charge on any atom is -0.375 e. The zero-order valence-corrected chi connectivity index (χ0v) is 10.0. The topological polar surface area (TPSA) is 64.3 Å². The lowest BCUT2D eigenvalue weighted by Crippen LogP contribution is -2.56. The van der Waals surface area contributed by atoms with E-state index in [1.54, 1.807) is 0 Å². The average Bonchev–Trinajstić information content (AvgIpc) is 1.99. The molecule has 0 aromatic heterocycles. The van der Waals surface area contributed by atoms with Gasteiger partial charge in [0.05, 0.1) is 17.7 Å². The second-order valence-corrected chi connectivity index (χ2v) is 5.06. The molecule has 4 heteroatoms. The minimum atomic E-state index is -0.637. The SMILES string of the molecule is CC1CC(NC(C)(C)C(N)=O)CC(C)O1. The number of nitrogens with two attached hydrogens (primary N) is 1. The van der Waals surface area contributed by atoms with Gasteiger partial charge in [0.15, 0.2) is 0 Å². The van der Waals surface area contributed by atoms with Crippen LogP contribution in [0.15, 0.2) is 0 Å². The van der Waals surface area contributed by atoms with Crippen molar-refractivity contribution in [1.82, 2.24) is 5.32 Å². The first kappa shape index (κ1) is 12.5. The van der Waals surface area contributed by atoms with E-state index in [0.717, 1.165) is 12.8 Å². The quantitative estimate of drug-likeness (QED) is 0.730. The van der Waals surface area contributed by atoms with Crippen LogP contribution in [-0.2, 0) is 9.53 Å². The molecule has 3 N–H and O–H groups in total. The molecule has 15 heavy (non-hydrogen) atoms. The van der Waals surface area contributed by atoms with Crippen molar-refractivity contribution in [3.8, 4) is 0 Å². The molecule has 1 rings (SSSR count). The summed E-state index contributed by atoms with van der Waals surface area (Å²) in [6.07, 6.45) is 2.35. The largest absolute Gasteiger partial charge is 0.375 e. The maximum absolute atomic E-state index is 11.2. The van der Waals surface area contributed by atoms with E-state index in [1.165, 1.54) is 0 Å². The number of carbonyl (C=O) groups is 1. The Kier molecular flexibility index (Phi) is 3.73. The fourth-order valence-corrected chi connectivity index (χ4v) is 2.10. The van der Waals surface area contributed by atoms with Crippen molar-refractivity contribution >= 4 is 5.91 Å². The highest BCUT2D eigenvalue weighted by Crippen LogP contribution is 2.20. The van der Waals surface area contributed by atoms with Crippen LogP contribution in [0.3, 0.4) is 0 Å². The molecule has 0 aromatic rings. The number of amides is 1. The van der Waals surface area contributed by atoms with Crippen LogP contribution < -0.4 is 11.1 Å². The van der Waals surface area contributed by atoms with Crippen LogP contribution in [0.4, 0.5) is 0 Å². The summed E-state index contributed by atoms with van der Waals surface area (Å²) in [5.41, 5.74) is 4.69. The Morgan fingerprint density at radius 1 is 1.33 bits per heavy atom. The Balaban J connectivity index is 2.54.